The number of rotatable bonds is 1. The number of fused-ring (bicyclic) bond motifs is 2. The Morgan fingerprint density at radius 2 is 2.27 bits per heavy atom. The maximum absolute atomic E-state index is 11.0. The molecule has 0 aromatic heterocycles. The van der Waals surface area contributed by atoms with Gasteiger partial charge in [0, 0.05) is 11.3 Å². The van der Waals surface area contributed by atoms with Gasteiger partial charge in [-0.15, -0.1) is 0 Å². The summed E-state index contributed by atoms with van der Waals surface area (Å²) in [7, 11) is 0. The number of hydrogen-bond acceptors (Lipinski definition) is 2. The maximum Gasteiger partial charge on any atom is 0.123 e. The van der Waals surface area contributed by atoms with Crippen LogP contribution in [0.25, 0.3) is 0 Å². The molecule has 0 heterocycles. The summed E-state index contributed by atoms with van der Waals surface area (Å²) in [6, 6.07) is 5.60. The second-order valence-electron chi connectivity index (χ2n) is 4.78. The molecule has 0 amide bonds. The molecule has 2 atom stereocenters. The molecular weight excluding hydrogens is 188 g/mol. The highest BCUT2D eigenvalue weighted by molar-refractivity contribution is 5.62. The van der Waals surface area contributed by atoms with E-state index in [1.807, 2.05) is 12.1 Å². The summed E-state index contributed by atoms with van der Waals surface area (Å²) in [6.45, 7) is 0. The van der Waals surface area contributed by atoms with Crippen molar-refractivity contribution in [3.63, 3.8) is 0 Å². The van der Waals surface area contributed by atoms with Crippen molar-refractivity contribution < 1.29 is 9.90 Å². The minimum absolute atomic E-state index is 0.0792. The topological polar surface area (TPSA) is 37.3 Å². The van der Waals surface area contributed by atoms with Crippen molar-refractivity contribution in [2.24, 2.45) is 5.92 Å². The average molecular weight is 202 g/mol. The van der Waals surface area contributed by atoms with Gasteiger partial charge in [0.05, 0.1) is 0 Å². The van der Waals surface area contributed by atoms with Crippen LogP contribution in [0.15, 0.2) is 18.2 Å². The van der Waals surface area contributed by atoms with Crippen molar-refractivity contribution in [3.05, 3.63) is 29.3 Å². The normalized spacial score (nSPS) is 32.4. The average Bonchev–Trinajstić information content (AvgIpc) is 2.57. The van der Waals surface area contributed by atoms with Gasteiger partial charge in [0.2, 0.25) is 0 Å². The predicted molar refractivity (Wildman–Crippen MR) is 56.9 cm³/mol. The fraction of sp³-hybridized carbons (Fsp3) is 0.462. The quantitative estimate of drug-likeness (QED) is 0.709. The van der Waals surface area contributed by atoms with Crippen LogP contribution in [0.2, 0.25) is 0 Å². The van der Waals surface area contributed by atoms with Gasteiger partial charge in [-0.05, 0) is 48.9 Å². The first-order valence-electron chi connectivity index (χ1n) is 5.54. The number of carbonyl (C=O) groups excluding carboxylic acids is 1. The van der Waals surface area contributed by atoms with E-state index in [1.165, 1.54) is 11.1 Å². The van der Waals surface area contributed by atoms with Crippen LogP contribution in [0, 0.1) is 5.92 Å². The first-order chi connectivity index (χ1) is 7.26. The summed E-state index contributed by atoms with van der Waals surface area (Å²) in [6.07, 6.45) is 5.35. The Bertz CT molecular complexity index is 425. The van der Waals surface area contributed by atoms with Crippen molar-refractivity contribution in [3.8, 4) is 5.75 Å². The molecule has 2 heteroatoms. The Morgan fingerprint density at radius 3 is 2.93 bits per heavy atom. The van der Waals surface area contributed by atoms with E-state index in [2.05, 4.69) is 0 Å². The Labute approximate surface area is 88.9 Å². The van der Waals surface area contributed by atoms with Crippen LogP contribution >= 0.6 is 0 Å². The second-order valence-corrected chi connectivity index (χ2v) is 4.78. The third-order valence-corrected chi connectivity index (χ3v) is 4.25. The Kier molecular flexibility index (Phi) is 1.70. The lowest BCUT2D eigenvalue weighted by atomic mass is 9.58. The molecule has 1 spiro atoms. The van der Waals surface area contributed by atoms with Gasteiger partial charge >= 0.3 is 0 Å². The minimum atomic E-state index is 0.0792. The van der Waals surface area contributed by atoms with Gasteiger partial charge in [-0.2, -0.15) is 0 Å². The van der Waals surface area contributed by atoms with Crippen LogP contribution in [-0.4, -0.2) is 11.4 Å². The van der Waals surface area contributed by atoms with Crippen LogP contribution in [-0.2, 0) is 16.6 Å². The highest BCUT2D eigenvalue weighted by Gasteiger charge is 2.51. The molecule has 1 saturated carbocycles. The van der Waals surface area contributed by atoms with Gasteiger partial charge in [0.15, 0.2) is 0 Å². The molecule has 2 aliphatic rings. The molecule has 2 nitrogen and oxygen atoms in total. The molecule has 3 rings (SSSR count). The zero-order valence-electron chi connectivity index (χ0n) is 8.57. The van der Waals surface area contributed by atoms with Crippen molar-refractivity contribution in [1.29, 1.82) is 0 Å². The van der Waals surface area contributed by atoms with Gasteiger partial charge in [0.1, 0.15) is 12.0 Å². The van der Waals surface area contributed by atoms with Gasteiger partial charge in [-0.25, -0.2) is 0 Å². The molecule has 1 N–H and O–H groups in total. The van der Waals surface area contributed by atoms with Crippen LogP contribution < -0.4 is 0 Å². The Hall–Kier alpha value is -1.31. The molecular formula is C13H14O2. The van der Waals surface area contributed by atoms with Crippen molar-refractivity contribution in [2.45, 2.75) is 31.1 Å². The molecule has 15 heavy (non-hydrogen) atoms. The van der Waals surface area contributed by atoms with Crippen molar-refractivity contribution in [2.75, 3.05) is 0 Å². The number of aryl methyl sites for hydroxylation is 1. The zero-order valence-corrected chi connectivity index (χ0v) is 8.57. The highest BCUT2D eigenvalue weighted by atomic mass is 16.3. The van der Waals surface area contributed by atoms with E-state index in [4.69, 9.17) is 0 Å². The van der Waals surface area contributed by atoms with E-state index in [-0.39, 0.29) is 11.3 Å². The summed E-state index contributed by atoms with van der Waals surface area (Å²) < 4.78 is 0. The SMILES string of the molecule is O=C[C@@H]1CC[C@]12CCc1ccc(O)cc12. The van der Waals surface area contributed by atoms with Crippen LogP contribution in [0.1, 0.15) is 30.4 Å². The number of aldehydes is 1. The van der Waals surface area contributed by atoms with E-state index in [1.54, 1.807) is 6.07 Å². The van der Waals surface area contributed by atoms with Crippen LogP contribution in [0.4, 0.5) is 0 Å². The molecule has 0 bridgehead atoms. The fourth-order valence-corrected chi connectivity index (χ4v) is 3.24. The summed E-state index contributed by atoms with van der Waals surface area (Å²) in [5.41, 5.74) is 2.63. The largest absolute Gasteiger partial charge is 0.508 e. The zero-order chi connectivity index (χ0) is 10.5. The predicted octanol–water partition coefficient (Wildman–Crippen LogP) is 2.19. The van der Waals surface area contributed by atoms with E-state index < -0.39 is 0 Å². The van der Waals surface area contributed by atoms with Crippen molar-refractivity contribution >= 4 is 6.29 Å². The monoisotopic (exact) mass is 202 g/mol. The Balaban J connectivity index is 2.10. The molecule has 0 saturated heterocycles. The fourth-order valence-electron chi connectivity index (χ4n) is 3.24. The lowest BCUT2D eigenvalue weighted by molar-refractivity contribution is -0.116. The first kappa shape index (κ1) is 8.96. The molecule has 1 fully saturated rings. The standard InChI is InChI=1S/C13H14O2/c14-8-10-4-6-13(10)5-3-9-1-2-11(15)7-12(9)13/h1-2,7-8,10,15H,3-6H2/t10-,13+/m0/s1. The van der Waals surface area contributed by atoms with Gasteiger partial charge in [0.25, 0.3) is 0 Å². The third kappa shape index (κ3) is 1.02. The highest BCUT2D eigenvalue weighted by Crippen LogP contribution is 2.56. The number of aromatic hydroxyl groups is 1. The molecule has 0 radical (unpaired) electrons. The van der Waals surface area contributed by atoms with E-state index in [0.717, 1.165) is 32.0 Å². The van der Waals surface area contributed by atoms with Gasteiger partial charge in [-0.1, -0.05) is 6.07 Å². The molecule has 2 aliphatic carbocycles. The summed E-state index contributed by atoms with van der Waals surface area (Å²) in [5, 5.41) is 9.52. The number of hydrogen-bond donors (Lipinski definition) is 1. The number of phenols is 1. The third-order valence-electron chi connectivity index (χ3n) is 4.25. The lowest BCUT2D eigenvalue weighted by Crippen LogP contribution is -2.43. The lowest BCUT2D eigenvalue weighted by Gasteiger charge is -2.45. The number of benzene rings is 1. The molecule has 1 aromatic carbocycles. The second kappa shape index (κ2) is 2.84. The van der Waals surface area contributed by atoms with E-state index >= 15 is 0 Å². The van der Waals surface area contributed by atoms with E-state index in [9.17, 15) is 9.90 Å². The summed E-state index contributed by atoms with van der Waals surface area (Å²) >= 11 is 0. The molecule has 1 aromatic rings. The number of carbonyl (C=O) groups is 1. The number of phenolic OH excluding ortho intramolecular Hbond substituents is 1. The summed E-state index contributed by atoms with van der Waals surface area (Å²) in [4.78, 5) is 11.0. The molecule has 0 aliphatic heterocycles. The smallest absolute Gasteiger partial charge is 0.123 e. The van der Waals surface area contributed by atoms with Crippen molar-refractivity contribution in [1.82, 2.24) is 0 Å². The first-order valence-corrected chi connectivity index (χ1v) is 5.54. The van der Waals surface area contributed by atoms with Gasteiger partial charge < -0.3 is 9.90 Å². The minimum Gasteiger partial charge on any atom is -0.508 e. The molecule has 0 unspecified atom stereocenters. The Morgan fingerprint density at radius 1 is 1.40 bits per heavy atom. The van der Waals surface area contributed by atoms with Crippen LogP contribution in [0.3, 0.4) is 0 Å². The van der Waals surface area contributed by atoms with E-state index in [0.29, 0.717) is 5.75 Å². The summed E-state index contributed by atoms with van der Waals surface area (Å²) in [5.74, 6) is 0.507. The molecule has 78 valence electrons. The van der Waals surface area contributed by atoms with Gasteiger partial charge in [-0.3, -0.25) is 0 Å². The maximum atomic E-state index is 11.0. The van der Waals surface area contributed by atoms with Crippen LogP contribution in [0.5, 0.6) is 5.75 Å².